The number of nitrogens with zero attached hydrogens (tertiary/aromatic N) is 2. The average Bonchev–Trinajstić information content (AvgIpc) is 3.26. The number of Topliss-reactive ketones (excluding diaryl/α,β-unsaturated/α-hetero) is 1. The van der Waals surface area contributed by atoms with Crippen LogP contribution in [0.5, 0.6) is 17.2 Å². The number of carbonyl (C=O) groups excluding carboxylic acids is 2. The molecule has 0 aromatic heterocycles. The van der Waals surface area contributed by atoms with Crippen LogP contribution in [0, 0.1) is 6.92 Å². The summed E-state index contributed by atoms with van der Waals surface area (Å²) in [6.07, 6.45) is 0. The van der Waals surface area contributed by atoms with Crippen LogP contribution < -0.4 is 14.2 Å². The fourth-order valence-electron chi connectivity index (χ4n) is 5.22. The number of aliphatic hydroxyl groups is 1. The van der Waals surface area contributed by atoms with E-state index in [-0.39, 0.29) is 11.3 Å². The van der Waals surface area contributed by atoms with Crippen molar-refractivity contribution in [2.24, 2.45) is 0 Å². The van der Waals surface area contributed by atoms with Crippen molar-refractivity contribution >= 4 is 17.4 Å². The zero-order valence-corrected chi connectivity index (χ0v) is 25.1. The van der Waals surface area contributed by atoms with Crippen LogP contribution in [-0.4, -0.2) is 66.5 Å². The van der Waals surface area contributed by atoms with Gasteiger partial charge in [-0.15, -0.1) is 0 Å². The van der Waals surface area contributed by atoms with Gasteiger partial charge in [0.1, 0.15) is 18.1 Å². The number of hydrogen-bond acceptors (Lipinski definition) is 7. The van der Waals surface area contributed by atoms with E-state index in [0.29, 0.717) is 54.7 Å². The van der Waals surface area contributed by atoms with Crippen LogP contribution in [0.3, 0.4) is 0 Å². The molecule has 0 aliphatic carbocycles. The summed E-state index contributed by atoms with van der Waals surface area (Å²) in [7, 11) is 1.54. The van der Waals surface area contributed by atoms with Crippen molar-refractivity contribution in [3.8, 4) is 17.2 Å². The molecule has 1 aliphatic heterocycles. The highest BCUT2D eigenvalue weighted by Crippen LogP contribution is 2.42. The number of carbonyl (C=O) groups is 2. The van der Waals surface area contributed by atoms with E-state index in [1.807, 2.05) is 50.2 Å². The number of benzene rings is 3. The molecule has 1 aliphatic rings. The van der Waals surface area contributed by atoms with Crippen LogP contribution in [0.4, 0.5) is 0 Å². The highest BCUT2D eigenvalue weighted by Gasteiger charge is 2.46. The number of methoxy groups -OCH3 is 1. The first-order chi connectivity index (χ1) is 20.3. The topological polar surface area (TPSA) is 88.5 Å². The molecule has 8 nitrogen and oxygen atoms in total. The third kappa shape index (κ3) is 6.60. The maximum Gasteiger partial charge on any atom is 0.295 e. The molecule has 0 saturated carbocycles. The predicted molar refractivity (Wildman–Crippen MR) is 163 cm³/mol. The molecule has 222 valence electrons. The van der Waals surface area contributed by atoms with E-state index >= 15 is 0 Å². The molecule has 8 heteroatoms. The van der Waals surface area contributed by atoms with E-state index in [1.54, 1.807) is 42.3 Å². The molecule has 1 saturated heterocycles. The van der Waals surface area contributed by atoms with Gasteiger partial charge < -0.3 is 29.1 Å². The summed E-state index contributed by atoms with van der Waals surface area (Å²) in [5.74, 6) is 0.134. The number of ether oxygens (including phenoxy) is 3. The number of aryl methyl sites for hydroxylation is 1. The number of ketones is 1. The van der Waals surface area contributed by atoms with Crippen molar-refractivity contribution in [2.75, 3.05) is 39.9 Å². The second-order valence-electron chi connectivity index (χ2n) is 10.1. The Morgan fingerprint density at radius 3 is 2.26 bits per heavy atom. The molecule has 3 aromatic carbocycles. The first kappa shape index (κ1) is 30.7. The molecule has 1 amide bonds. The summed E-state index contributed by atoms with van der Waals surface area (Å²) in [5, 5.41) is 11.6. The van der Waals surface area contributed by atoms with Gasteiger partial charge in [-0.1, -0.05) is 50.2 Å². The summed E-state index contributed by atoms with van der Waals surface area (Å²) in [4.78, 5) is 30.7. The molecule has 1 atom stereocenters. The van der Waals surface area contributed by atoms with E-state index in [4.69, 9.17) is 14.2 Å². The highest BCUT2D eigenvalue weighted by molar-refractivity contribution is 6.46. The monoisotopic (exact) mass is 572 g/mol. The number of rotatable bonds is 13. The van der Waals surface area contributed by atoms with E-state index in [1.165, 1.54) is 0 Å². The molecule has 3 aromatic rings. The van der Waals surface area contributed by atoms with Gasteiger partial charge in [0.25, 0.3) is 11.7 Å². The molecule has 1 fully saturated rings. The smallest absolute Gasteiger partial charge is 0.295 e. The number of aliphatic hydroxyl groups excluding tert-OH is 1. The molecule has 0 bridgehead atoms. The molecule has 0 radical (unpaired) electrons. The Balaban J connectivity index is 1.74. The van der Waals surface area contributed by atoms with Crippen LogP contribution in [-0.2, 0) is 16.2 Å². The fraction of sp³-hybridized carbons (Fsp3) is 0.353. The third-order valence-corrected chi connectivity index (χ3v) is 7.58. The molecule has 1 unspecified atom stereocenters. The summed E-state index contributed by atoms with van der Waals surface area (Å²) in [6, 6.07) is 19.7. The van der Waals surface area contributed by atoms with Crippen molar-refractivity contribution in [3.05, 3.63) is 94.6 Å². The Kier molecular flexibility index (Phi) is 10.3. The summed E-state index contributed by atoms with van der Waals surface area (Å²) in [5.41, 5.74) is 2.96. The Morgan fingerprint density at radius 1 is 0.905 bits per heavy atom. The van der Waals surface area contributed by atoms with Crippen LogP contribution in [0.2, 0.25) is 0 Å². The number of amides is 1. The minimum atomic E-state index is -0.792. The Hall–Kier alpha value is -4.30. The van der Waals surface area contributed by atoms with Gasteiger partial charge in [0.05, 0.1) is 25.3 Å². The lowest BCUT2D eigenvalue weighted by molar-refractivity contribution is -0.140. The van der Waals surface area contributed by atoms with E-state index in [2.05, 4.69) is 18.7 Å². The normalized spacial score (nSPS) is 16.2. The number of hydrogen-bond donors (Lipinski definition) is 1. The van der Waals surface area contributed by atoms with Gasteiger partial charge in [-0.2, -0.15) is 0 Å². The van der Waals surface area contributed by atoms with Crippen LogP contribution in [0.15, 0.2) is 72.3 Å². The van der Waals surface area contributed by atoms with Crippen LogP contribution in [0.25, 0.3) is 5.76 Å². The summed E-state index contributed by atoms with van der Waals surface area (Å²) >= 11 is 0. The fourth-order valence-corrected chi connectivity index (χ4v) is 5.22. The molecule has 1 heterocycles. The van der Waals surface area contributed by atoms with Crippen molar-refractivity contribution in [1.29, 1.82) is 0 Å². The Morgan fingerprint density at radius 2 is 1.62 bits per heavy atom. The Bertz CT molecular complexity index is 1430. The SMILES string of the molecule is CCOc1ccc(C2/C(=C(/O)c3ccc(OCc4ccccc4)c(C)c3)C(=O)C(=O)N2CCN(CC)CC)cc1OC. The van der Waals surface area contributed by atoms with Crippen molar-refractivity contribution in [1.82, 2.24) is 9.80 Å². The molecular formula is C34H40N2O6. The second kappa shape index (κ2) is 14.0. The van der Waals surface area contributed by atoms with Gasteiger partial charge in [0.15, 0.2) is 11.5 Å². The van der Waals surface area contributed by atoms with Crippen molar-refractivity contribution in [3.63, 3.8) is 0 Å². The Labute approximate surface area is 248 Å². The molecular weight excluding hydrogens is 532 g/mol. The van der Waals surface area contributed by atoms with Gasteiger partial charge in [-0.05, 0) is 74.0 Å². The average molecular weight is 573 g/mol. The van der Waals surface area contributed by atoms with Gasteiger partial charge >= 0.3 is 0 Å². The quantitative estimate of drug-likeness (QED) is 0.159. The van der Waals surface area contributed by atoms with Gasteiger partial charge in [0.2, 0.25) is 0 Å². The number of likely N-dealkylation sites (N-methyl/N-ethyl adjacent to an activating group) is 1. The standard InChI is InChI=1S/C34H40N2O6/c1-6-35(7-2)18-19-36-31(25-14-17-28(41-8-3)29(21-25)40-5)30(33(38)34(36)39)32(37)26-15-16-27(23(4)20-26)42-22-24-12-10-9-11-13-24/h9-17,20-21,31,37H,6-8,18-19,22H2,1-5H3/b32-30-. The highest BCUT2D eigenvalue weighted by atomic mass is 16.5. The lowest BCUT2D eigenvalue weighted by Crippen LogP contribution is -2.38. The first-order valence-electron chi connectivity index (χ1n) is 14.4. The van der Waals surface area contributed by atoms with Gasteiger partial charge in [-0.3, -0.25) is 9.59 Å². The van der Waals surface area contributed by atoms with Crippen molar-refractivity contribution < 1.29 is 28.9 Å². The second-order valence-corrected chi connectivity index (χ2v) is 10.1. The molecule has 42 heavy (non-hydrogen) atoms. The minimum Gasteiger partial charge on any atom is -0.507 e. The van der Waals surface area contributed by atoms with Crippen LogP contribution >= 0.6 is 0 Å². The zero-order valence-electron chi connectivity index (χ0n) is 25.1. The van der Waals surface area contributed by atoms with Crippen molar-refractivity contribution in [2.45, 2.75) is 40.3 Å². The molecule has 4 rings (SSSR count). The summed E-state index contributed by atoms with van der Waals surface area (Å²) in [6.45, 7) is 11.3. The zero-order chi connectivity index (χ0) is 30.2. The van der Waals surface area contributed by atoms with Gasteiger partial charge in [-0.25, -0.2) is 0 Å². The predicted octanol–water partition coefficient (Wildman–Crippen LogP) is 5.74. The van der Waals surface area contributed by atoms with E-state index in [9.17, 15) is 14.7 Å². The van der Waals surface area contributed by atoms with Crippen LogP contribution in [0.1, 0.15) is 49.1 Å². The maximum absolute atomic E-state index is 13.5. The summed E-state index contributed by atoms with van der Waals surface area (Å²) < 4.78 is 17.3. The first-order valence-corrected chi connectivity index (χ1v) is 14.4. The lowest BCUT2D eigenvalue weighted by atomic mass is 9.94. The van der Waals surface area contributed by atoms with Gasteiger partial charge in [0, 0.05) is 18.7 Å². The molecule has 0 spiro atoms. The van der Waals surface area contributed by atoms with E-state index in [0.717, 1.165) is 24.2 Å². The minimum absolute atomic E-state index is 0.0445. The van der Waals surface area contributed by atoms with E-state index < -0.39 is 17.7 Å². The number of likely N-dealkylation sites (tertiary alicyclic amines) is 1. The molecule has 1 N–H and O–H groups in total. The largest absolute Gasteiger partial charge is 0.507 e. The lowest BCUT2D eigenvalue weighted by Gasteiger charge is -2.28. The maximum atomic E-state index is 13.5. The third-order valence-electron chi connectivity index (χ3n) is 7.58.